The van der Waals surface area contributed by atoms with Gasteiger partial charge in [-0.15, -0.1) is 0 Å². The van der Waals surface area contributed by atoms with Gasteiger partial charge < -0.3 is 4.74 Å². The highest BCUT2D eigenvalue weighted by Gasteiger charge is 2.28. The fourth-order valence-corrected chi connectivity index (χ4v) is 4.78. The van der Waals surface area contributed by atoms with Gasteiger partial charge in [-0.05, 0) is 68.3 Å². The molecule has 0 heterocycles. The lowest BCUT2D eigenvalue weighted by Gasteiger charge is -2.26. The van der Waals surface area contributed by atoms with Crippen molar-refractivity contribution < 1.29 is 31.5 Å². The summed E-state index contributed by atoms with van der Waals surface area (Å²) in [5.41, 5.74) is -0.461. The molecule has 0 saturated heterocycles. The van der Waals surface area contributed by atoms with Crippen molar-refractivity contribution in [3.8, 4) is 11.1 Å². The molecule has 0 unspecified atom stereocenters. The average molecular weight is 536 g/mol. The van der Waals surface area contributed by atoms with Gasteiger partial charge in [0.1, 0.15) is 29.3 Å². The first-order valence-electron chi connectivity index (χ1n) is 10.7. The van der Waals surface area contributed by atoms with E-state index in [2.05, 4.69) is 0 Å². The Balaban J connectivity index is 2.08. The molecule has 36 heavy (non-hydrogen) atoms. The number of rotatable bonds is 6. The van der Waals surface area contributed by atoms with E-state index in [1.165, 1.54) is 30.3 Å². The van der Waals surface area contributed by atoms with E-state index >= 15 is 0 Å². The number of amides is 1. The molecular formula is C26H24ClF2NO5S. The van der Waals surface area contributed by atoms with Gasteiger partial charge in [0.15, 0.2) is 9.84 Å². The molecule has 6 nitrogen and oxygen atoms in total. The van der Waals surface area contributed by atoms with Crippen molar-refractivity contribution in [3.63, 3.8) is 0 Å². The van der Waals surface area contributed by atoms with Crippen LogP contribution >= 0.6 is 11.6 Å². The summed E-state index contributed by atoms with van der Waals surface area (Å²) >= 11 is 6.17. The van der Waals surface area contributed by atoms with Gasteiger partial charge in [-0.2, -0.15) is 0 Å². The minimum Gasteiger partial charge on any atom is -0.459 e. The lowest BCUT2D eigenvalue weighted by atomic mass is 10.0. The normalized spacial score (nSPS) is 11.8. The second-order valence-electron chi connectivity index (χ2n) is 9.04. The van der Waals surface area contributed by atoms with Gasteiger partial charge >= 0.3 is 5.97 Å². The molecule has 1 amide bonds. The standard InChI is InChI=1S/C26H24ClF2NO5S/c1-26(2,3)35-23(31)15-30(25(32)24-20(28)9-6-10-21(24)29)18-8-5-7-16(13-18)17-11-12-22(19(27)14-17)36(4,33)34/h5-14H,15H2,1-4H3. The number of nitrogens with zero attached hydrogens (tertiary/aromatic N) is 1. The molecule has 3 aromatic rings. The zero-order valence-corrected chi connectivity index (χ0v) is 21.6. The van der Waals surface area contributed by atoms with E-state index in [1.807, 2.05) is 0 Å². The predicted octanol–water partition coefficient (Wildman–Crippen LogP) is 5.68. The fourth-order valence-electron chi connectivity index (χ4n) is 3.45. The van der Waals surface area contributed by atoms with Crippen LogP contribution in [0.4, 0.5) is 14.5 Å². The number of sulfone groups is 1. The van der Waals surface area contributed by atoms with E-state index in [9.17, 15) is 26.8 Å². The van der Waals surface area contributed by atoms with E-state index in [-0.39, 0.29) is 15.6 Å². The van der Waals surface area contributed by atoms with Crippen molar-refractivity contribution in [2.24, 2.45) is 0 Å². The molecule has 3 aromatic carbocycles. The third-order valence-electron chi connectivity index (χ3n) is 4.95. The summed E-state index contributed by atoms with van der Waals surface area (Å²) in [5, 5.41) is 0.00974. The first-order chi connectivity index (χ1) is 16.7. The predicted molar refractivity (Wildman–Crippen MR) is 134 cm³/mol. The molecule has 0 fully saturated rings. The quantitative estimate of drug-likeness (QED) is 0.379. The maximum absolute atomic E-state index is 14.4. The number of hydrogen-bond acceptors (Lipinski definition) is 5. The Morgan fingerprint density at radius 1 is 0.944 bits per heavy atom. The van der Waals surface area contributed by atoms with Crippen LogP contribution in [0.25, 0.3) is 11.1 Å². The van der Waals surface area contributed by atoms with E-state index in [0.717, 1.165) is 29.4 Å². The van der Waals surface area contributed by atoms with Crippen molar-refractivity contribution in [2.45, 2.75) is 31.3 Å². The minimum atomic E-state index is -3.54. The lowest BCUT2D eigenvalue weighted by Crippen LogP contribution is -2.39. The van der Waals surface area contributed by atoms with Crippen molar-refractivity contribution in [1.29, 1.82) is 0 Å². The number of esters is 1. The zero-order chi connectivity index (χ0) is 26.8. The summed E-state index contributed by atoms with van der Waals surface area (Å²) in [5.74, 6) is -4.00. The molecule has 0 N–H and O–H groups in total. The first-order valence-corrected chi connectivity index (χ1v) is 13.0. The molecule has 3 rings (SSSR count). The Morgan fingerprint density at radius 2 is 1.53 bits per heavy atom. The maximum atomic E-state index is 14.4. The number of carbonyl (C=O) groups is 2. The van der Waals surface area contributed by atoms with Crippen LogP contribution in [0, 0.1) is 11.6 Å². The summed E-state index contributed by atoms with van der Waals surface area (Å²) in [6, 6.07) is 13.6. The largest absolute Gasteiger partial charge is 0.459 e. The third-order valence-corrected chi connectivity index (χ3v) is 6.53. The number of ether oxygens (including phenoxy) is 1. The third kappa shape index (κ3) is 6.47. The van der Waals surface area contributed by atoms with E-state index < -0.39 is 51.1 Å². The smallest absolute Gasteiger partial charge is 0.326 e. The Hall–Kier alpha value is -3.30. The second-order valence-corrected chi connectivity index (χ2v) is 11.4. The fraction of sp³-hybridized carbons (Fsp3) is 0.231. The Morgan fingerprint density at radius 3 is 2.08 bits per heavy atom. The van der Waals surface area contributed by atoms with Gasteiger partial charge in [-0.3, -0.25) is 14.5 Å². The highest BCUT2D eigenvalue weighted by Crippen LogP contribution is 2.31. The van der Waals surface area contributed by atoms with Crippen LogP contribution in [-0.4, -0.2) is 38.7 Å². The molecule has 0 saturated carbocycles. The van der Waals surface area contributed by atoms with Crippen molar-refractivity contribution in [1.82, 2.24) is 0 Å². The van der Waals surface area contributed by atoms with Crippen LogP contribution < -0.4 is 4.90 Å². The summed E-state index contributed by atoms with van der Waals surface area (Å²) in [6.45, 7) is 4.34. The van der Waals surface area contributed by atoms with Gasteiger partial charge in [-0.25, -0.2) is 17.2 Å². The van der Waals surface area contributed by atoms with Crippen LogP contribution in [0.1, 0.15) is 31.1 Å². The molecule has 0 radical (unpaired) electrons. The number of benzene rings is 3. The molecule has 0 aromatic heterocycles. The molecule has 0 aliphatic rings. The van der Waals surface area contributed by atoms with Gasteiger partial charge in [0.05, 0.1) is 9.92 Å². The van der Waals surface area contributed by atoms with Gasteiger partial charge in [0, 0.05) is 11.9 Å². The Labute approximate surface area is 213 Å². The van der Waals surface area contributed by atoms with Gasteiger partial charge in [-0.1, -0.05) is 35.9 Å². The number of halogens is 3. The average Bonchev–Trinajstić information content (AvgIpc) is 2.75. The SMILES string of the molecule is CC(C)(C)OC(=O)CN(C(=O)c1c(F)cccc1F)c1cccc(-c2ccc(S(C)(=O)=O)c(Cl)c2)c1. The topological polar surface area (TPSA) is 80.8 Å². The van der Waals surface area contributed by atoms with E-state index in [4.69, 9.17) is 16.3 Å². The van der Waals surface area contributed by atoms with E-state index in [0.29, 0.717) is 11.1 Å². The molecular weight excluding hydrogens is 512 g/mol. The number of hydrogen-bond donors (Lipinski definition) is 0. The second kappa shape index (κ2) is 10.4. The molecule has 0 atom stereocenters. The van der Waals surface area contributed by atoms with Crippen molar-refractivity contribution >= 4 is 39.0 Å². The van der Waals surface area contributed by atoms with Crippen LogP contribution in [0.2, 0.25) is 5.02 Å². The molecule has 10 heteroatoms. The summed E-state index contributed by atoms with van der Waals surface area (Å²) in [6.07, 6.45) is 1.04. The minimum absolute atomic E-state index is 0.00974. The number of anilines is 1. The van der Waals surface area contributed by atoms with Crippen molar-refractivity contribution in [3.05, 3.63) is 82.9 Å². The van der Waals surface area contributed by atoms with Gasteiger partial charge in [0.2, 0.25) is 0 Å². The summed E-state index contributed by atoms with van der Waals surface area (Å²) < 4.78 is 58.0. The Kier molecular flexibility index (Phi) is 7.85. The monoisotopic (exact) mass is 535 g/mol. The summed E-state index contributed by atoms with van der Waals surface area (Å²) in [4.78, 5) is 26.8. The first kappa shape index (κ1) is 27.3. The maximum Gasteiger partial charge on any atom is 0.326 e. The van der Waals surface area contributed by atoms with Gasteiger partial charge in [0.25, 0.3) is 5.91 Å². The molecule has 190 valence electrons. The molecule has 0 aliphatic heterocycles. The zero-order valence-electron chi connectivity index (χ0n) is 20.0. The number of carbonyl (C=O) groups excluding carboxylic acids is 2. The molecule has 0 aliphatic carbocycles. The molecule has 0 spiro atoms. The summed E-state index contributed by atoms with van der Waals surface area (Å²) in [7, 11) is -3.54. The van der Waals surface area contributed by atoms with Crippen molar-refractivity contribution in [2.75, 3.05) is 17.7 Å². The molecule has 0 bridgehead atoms. The van der Waals surface area contributed by atoms with E-state index in [1.54, 1.807) is 32.9 Å². The van der Waals surface area contributed by atoms with Crippen LogP contribution in [-0.2, 0) is 19.4 Å². The van der Waals surface area contributed by atoms with Crippen LogP contribution in [0.3, 0.4) is 0 Å². The highest BCUT2D eigenvalue weighted by molar-refractivity contribution is 7.90. The highest BCUT2D eigenvalue weighted by atomic mass is 35.5. The lowest BCUT2D eigenvalue weighted by molar-refractivity contribution is -0.152. The Bertz CT molecular complexity index is 1410. The van der Waals surface area contributed by atoms with Crippen LogP contribution in [0.15, 0.2) is 65.6 Å². The van der Waals surface area contributed by atoms with Crippen LogP contribution in [0.5, 0.6) is 0 Å².